The fourth-order valence-electron chi connectivity index (χ4n) is 2.14. The van der Waals surface area contributed by atoms with Crippen LogP contribution in [0.25, 0.3) is 0 Å². The number of nitrogens with one attached hydrogen (secondary N) is 1. The van der Waals surface area contributed by atoms with E-state index in [1.54, 1.807) is 23.5 Å². The summed E-state index contributed by atoms with van der Waals surface area (Å²) in [6, 6.07) is 5.47. The average Bonchev–Trinajstić information content (AvgIpc) is 3.08. The van der Waals surface area contributed by atoms with Crippen molar-refractivity contribution in [2.75, 3.05) is 13.2 Å². The maximum Gasteiger partial charge on any atom is 0.250 e. The zero-order valence-corrected chi connectivity index (χ0v) is 14.2. The minimum Gasteiger partial charge on any atom is -0.396 e. The highest BCUT2D eigenvalue weighted by Gasteiger charge is 2.17. The van der Waals surface area contributed by atoms with E-state index < -0.39 is 10.0 Å². The molecule has 1 atom stereocenters. The van der Waals surface area contributed by atoms with Gasteiger partial charge in [0.25, 0.3) is 0 Å². The van der Waals surface area contributed by atoms with Gasteiger partial charge >= 0.3 is 0 Å². The van der Waals surface area contributed by atoms with Gasteiger partial charge in [-0.3, -0.25) is 0 Å². The number of aliphatic hydroxyl groups excluding tert-OH is 1. The van der Waals surface area contributed by atoms with Crippen LogP contribution in [0.1, 0.15) is 29.2 Å². The first-order chi connectivity index (χ1) is 10.0. The number of rotatable bonds is 8. The lowest BCUT2D eigenvalue weighted by molar-refractivity contribution is 0.273. The molecule has 0 aliphatic rings. The summed E-state index contributed by atoms with van der Waals surface area (Å²) < 4.78 is 27.2. The summed E-state index contributed by atoms with van der Waals surface area (Å²) >= 11 is 2.89. The van der Waals surface area contributed by atoms with Crippen LogP contribution in [0.15, 0.2) is 33.2 Å². The standard InChI is InChI=1S/C14H19NO3S3/c1-11-2-3-14(20-11)21(17,18)15-7-4-12(5-8-16)13-6-9-19-10-13/h2-3,6,9-10,12,15-16H,4-5,7-8H2,1H3. The van der Waals surface area contributed by atoms with Crippen molar-refractivity contribution in [3.05, 3.63) is 39.4 Å². The third-order valence-electron chi connectivity index (χ3n) is 3.26. The Balaban J connectivity index is 1.93. The molecule has 0 saturated carbocycles. The van der Waals surface area contributed by atoms with Gasteiger partial charge in [-0.2, -0.15) is 11.3 Å². The Morgan fingerprint density at radius 1 is 1.29 bits per heavy atom. The quantitative estimate of drug-likeness (QED) is 0.773. The second-order valence-electron chi connectivity index (χ2n) is 4.82. The molecule has 0 bridgehead atoms. The second kappa shape index (κ2) is 7.51. The first-order valence-corrected chi connectivity index (χ1v) is 9.96. The van der Waals surface area contributed by atoms with Gasteiger partial charge in [0.15, 0.2) is 0 Å². The lowest BCUT2D eigenvalue weighted by Gasteiger charge is -2.14. The molecule has 0 aliphatic carbocycles. The van der Waals surface area contributed by atoms with E-state index in [4.69, 9.17) is 5.11 Å². The van der Waals surface area contributed by atoms with Crippen LogP contribution in [-0.2, 0) is 10.0 Å². The molecule has 2 rings (SSSR count). The van der Waals surface area contributed by atoms with Crippen molar-refractivity contribution in [2.45, 2.75) is 29.9 Å². The van der Waals surface area contributed by atoms with E-state index in [1.165, 1.54) is 16.9 Å². The van der Waals surface area contributed by atoms with Crippen molar-refractivity contribution in [1.82, 2.24) is 4.72 Å². The molecule has 0 aliphatic heterocycles. The molecule has 116 valence electrons. The van der Waals surface area contributed by atoms with Crippen LogP contribution in [0.4, 0.5) is 0 Å². The Bertz CT molecular complexity index is 647. The largest absolute Gasteiger partial charge is 0.396 e. The van der Waals surface area contributed by atoms with E-state index in [0.29, 0.717) is 23.6 Å². The van der Waals surface area contributed by atoms with Gasteiger partial charge in [-0.15, -0.1) is 11.3 Å². The Morgan fingerprint density at radius 3 is 2.67 bits per heavy atom. The summed E-state index contributed by atoms with van der Waals surface area (Å²) in [6.45, 7) is 2.37. The fourth-order valence-corrected chi connectivity index (χ4v) is 5.25. The SMILES string of the molecule is Cc1ccc(S(=O)(=O)NCCC(CCO)c2ccsc2)s1. The van der Waals surface area contributed by atoms with Crippen LogP contribution in [0.2, 0.25) is 0 Å². The zero-order chi connectivity index (χ0) is 15.3. The highest BCUT2D eigenvalue weighted by atomic mass is 32.2. The fraction of sp³-hybridized carbons (Fsp3) is 0.429. The monoisotopic (exact) mass is 345 g/mol. The minimum absolute atomic E-state index is 0.109. The number of thiophene rings is 2. The molecule has 2 N–H and O–H groups in total. The summed E-state index contributed by atoms with van der Waals surface area (Å²) in [6.07, 6.45) is 1.33. The normalized spacial score (nSPS) is 13.4. The molecule has 0 fully saturated rings. The molecule has 21 heavy (non-hydrogen) atoms. The molecule has 7 heteroatoms. The molecule has 0 radical (unpaired) electrons. The van der Waals surface area contributed by atoms with Crippen LogP contribution >= 0.6 is 22.7 Å². The minimum atomic E-state index is -3.41. The summed E-state index contributed by atoms with van der Waals surface area (Å²) in [5, 5.41) is 13.2. The zero-order valence-electron chi connectivity index (χ0n) is 11.8. The third kappa shape index (κ3) is 4.62. The Morgan fingerprint density at radius 2 is 2.10 bits per heavy atom. The summed E-state index contributed by atoms with van der Waals surface area (Å²) in [5.74, 6) is 0.189. The van der Waals surface area contributed by atoms with Crippen molar-refractivity contribution >= 4 is 32.7 Å². The van der Waals surface area contributed by atoms with Gasteiger partial charge in [-0.1, -0.05) is 0 Å². The maximum absolute atomic E-state index is 12.1. The van der Waals surface area contributed by atoms with E-state index >= 15 is 0 Å². The van der Waals surface area contributed by atoms with Gasteiger partial charge < -0.3 is 5.11 Å². The first kappa shape index (κ1) is 16.6. The molecule has 2 heterocycles. The second-order valence-corrected chi connectivity index (χ2v) is 8.88. The summed E-state index contributed by atoms with van der Waals surface area (Å²) in [7, 11) is -3.41. The van der Waals surface area contributed by atoms with Crippen molar-refractivity contribution in [2.24, 2.45) is 0 Å². The molecule has 1 unspecified atom stereocenters. The third-order valence-corrected chi connectivity index (χ3v) is 6.91. The van der Waals surface area contributed by atoms with Crippen molar-refractivity contribution in [3.63, 3.8) is 0 Å². The molecule has 2 aromatic rings. The average molecular weight is 346 g/mol. The molecule has 0 spiro atoms. The molecule has 0 saturated heterocycles. The number of hydrogen-bond acceptors (Lipinski definition) is 5. The predicted molar refractivity (Wildman–Crippen MR) is 87.6 cm³/mol. The van der Waals surface area contributed by atoms with Gasteiger partial charge in [0.1, 0.15) is 4.21 Å². The first-order valence-electron chi connectivity index (χ1n) is 6.72. The van der Waals surface area contributed by atoms with Gasteiger partial charge in [-0.05, 0) is 60.2 Å². The van der Waals surface area contributed by atoms with Crippen LogP contribution < -0.4 is 4.72 Å². The van der Waals surface area contributed by atoms with E-state index in [9.17, 15) is 8.42 Å². The van der Waals surface area contributed by atoms with Crippen molar-refractivity contribution in [3.8, 4) is 0 Å². The Hall–Kier alpha value is -0.730. The molecule has 0 amide bonds. The summed E-state index contributed by atoms with van der Waals surface area (Å²) in [4.78, 5) is 0.979. The molecule has 2 aromatic heterocycles. The molecule has 4 nitrogen and oxygen atoms in total. The highest BCUT2D eigenvalue weighted by Crippen LogP contribution is 2.25. The van der Waals surface area contributed by atoms with Crippen LogP contribution in [-0.4, -0.2) is 26.7 Å². The van der Waals surface area contributed by atoms with Crippen molar-refractivity contribution in [1.29, 1.82) is 0 Å². The predicted octanol–water partition coefficient (Wildman–Crippen LogP) is 2.95. The van der Waals surface area contributed by atoms with E-state index in [1.807, 2.05) is 18.4 Å². The van der Waals surface area contributed by atoms with Gasteiger partial charge in [0.2, 0.25) is 10.0 Å². The van der Waals surface area contributed by atoms with E-state index in [2.05, 4.69) is 10.1 Å². The molecule has 0 aromatic carbocycles. The van der Waals surface area contributed by atoms with Crippen LogP contribution in [0, 0.1) is 6.92 Å². The van der Waals surface area contributed by atoms with Gasteiger partial charge in [0.05, 0.1) is 0 Å². The molecular weight excluding hydrogens is 326 g/mol. The van der Waals surface area contributed by atoms with Crippen molar-refractivity contribution < 1.29 is 13.5 Å². The number of aryl methyl sites for hydroxylation is 1. The van der Waals surface area contributed by atoms with E-state index in [0.717, 1.165) is 4.88 Å². The Kier molecular flexibility index (Phi) is 5.95. The number of hydrogen-bond donors (Lipinski definition) is 2. The highest BCUT2D eigenvalue weighted by molar-refractivity contribution is 7.91. The van der Waals surface area contributed by atoms with Gasteiger partial charge in [-0.25, -0.2) is 13.1 Å². The van der Waals surface area contributed by atoms with E-state index in [-0.39, 0.29) is 12.5 Å². The smallest absolute Gasteiger partial charge is 0.250 e. The van der Waals surface area contributed by atoms with Crippen LogP contribution in [0.3, 0.4) is 0 Å². The molecular formula is C14H19NO3S3. The van der Waals surface area contributed by atoms with Gasteiger partial charge in [0, 0.05) is 18.0 Å². The lowest BCUT2D eigenvalue weighted by Crippen LogP contribution is -2.25. The summed E-state index contributed by atoms with van der Waals surface area (Å²) in [5.41, 5.74) is 1.17. The number of aliphatic hydroxyl groups is 1. The maximum atomic E-state index is 12.1. The Labute approximate surface area is 133 Å². The number of sulfonamides is 1. The lowest BCUT2D eigenvalue weighted by atomic mass is 9.95. The topological polar surface area (TPSA) is 66.4 Å². The van der Waals surface area contributed by atoms with Crippen LogP contribution in [0.5, 0.6) is 0 Å².